The Morgan fingerprint density at radius 2 is 1.64 bits per heavy atom. The third-order valence-electron chi connectivity index (χ3n) is 4.57. The lowest BCUT2D eigenvalue weighted by Crippen LogP contribution is -2.30. The molecule has 1 heterocycles. The largest absolute Gasteiger partial charge is 0.503 e. The summed E-state index contributed by atoms with van der Waals surface area (Å²) in [5.41, 5.74) is 3.57. The Bertz CT molecular complexity index is 779. The Kier molecular flexibility index (Phi) is 5.39. The zero-order valence-corrected chi connectivity index (χ0v) is 16.2. The van der Waals surface area contributed by atoms with Crippen LogP contribution in [0.25, 0.3) is 0 Å². The maximum absolute atomic E-state index is 10.2. The summed E-state index contributed by atoms with van der Waals surface area (Å²) in [5, 5.41) is 10.2. The highest BCUT2D eigenvalue weighted by Crippen LogP contribution is 2.38. The van der Waals surface area contributed by atoms with Crippen molar-refractivity contribution in [2.75, 3.05) is 27.9 Å². The van der Waals surface area contributed by atoms with E-state index in [9.17, 15) is 5.11 Å². The number of aromatic hydroxyl groups is 1. The molecule has 0 aliphatic carbocycles. The Hall–Kier alpha value is -1.92. The van der Waals surface area contributed by atoms with E-state index in [1.54, 1.807) is 27.4 Å². The van der Waals surface area contributed by atoms with Gasteiger partial charge >= 0.3 is 0 Å². The van der Waals surface area contributed by atoms with E-state index in [0.717, 1.165) is 43.1 Å². The van der Waals surface area contributed by atoms with Gasteiger partial charge < -0.3 is 19.3 Å². The molecule has 3 rings (SSSR count). The van der Waals surface area contributed by atoms with Gasteiger partial charge in [-0.25, -0.2) is 0 Å². The van der Waals surface area contributed by atoms with Crippen molar-refractivity contribution >= 4 is 15.9 Å². The number of phenols is 1. The van der Waals surface area contributed by atoms with Crippen LogP contribution in [0.1, 0.15) is 16.7 Å². The summed E-state index contributed by atoms with van der Waals surface area (Å²) < 4.78 is 16.6. The molecule has 1 N–H and O–H groups in total. The quantitative estimate of drug-likeness (QED) is 0.817. The second kappa shape index (κ2) is 7.54. The van der Waals surface area contributed by atoms with Crippen LogP contribution in [0.15, 0.2) is 28.7 Å². The average molecular weight is 408 g/mol. The molecule has 2 aromatic rings. The van der Waals surface area contributed by atoms with Gasteiger partial charge in [0.2, 0.25) is 0 Å². The predicted octanol–water partition coefficient (Wildman–Crippen LogP) is 3.74. The van der Waals surface area contributed by atoms with E-state index in [2.05, 4.69) is 33.0 Å². The number of methoxy groups -OCH3 is 3. The lowest BCUT2D eigenvalue weighted by Gasteiger charge is -2.30. The minimum absolute atomic E-state index is 0.142. The lowest BCUT2D eigenvalue weighted by atomic mass is 9.98. The molecule has 5 nitrogen and oxygen atoms in total. The average Bonchev–Trinajstić information content (AvgIpc) is 2.64. The van der Waals surface area contributed by atoms with Crippen LogP contribution in [0, 0.1) is 0 Å². The Balaban J connectivity index is 1.80. The van der Waals surface area contributed by atoms with Crippen molar-refractivity contribution < 1.29 is 19.3 Å². The first kappa shape index (κ1) is 17.9. The first-order chi connectivity index (χ1) is 12.1. The molecular formula is C19H22BrNO4. The third kappa shape index (κ3) is 3.55. The van der Waals surface area contributed by atoms with Crippen LogP contribution in [0.4, 0.5) is 0 Å². The Morgan fingerprint density at radius 1 is 1.00 bits per heavy atom. The second-order valence-corrected chi connectivity index (χ2v) is 6.82. The van der Waals surface area contributed by atoms with Crippen LogP contribution in [-0.4, -0.2) is 37.9 Å². The fraction of sp³-hybridized carbons (Fsp3) is 0.368. The molecule has 0 bridgehead atoms. The third-order valence-corrected chi connectivity index (χ3v) is 5.45. The number of fused-ring (bicyclic) bond motifs is 1. The molecule has 0 radical (unpaired) electrons. The number of rotatable bonds is 5. The minimum Gasteiger partial charge on any atom is -0.503 e. The van der Waals surface area contributed by atoms with E-state index in [4.69, 9.17) is 14.2 Å². The molecule has 0 unspecified atom stereocenters. The second-order valence-electron chi connectivity index (χ2n) is 6.03. The van der Waals surface area contributed by atoms with Crippen molar-refractivity contribution in [2.24, 2.45) is 0 Å². The Morgan fingerprint density at radius 3 is 2.28 bits per heavy atom. The van der Waals surface area contributed by atoms with Crippen LogP contribution < -0.4 is 14.2 Å². The van der Waals surface area contributed by atoms with E-state index in [1.165, 1.54) is 11.1 Å². The number of halogens is 1. The molecule has 0 saturated carbocycles. The van der Waals surface area contributed by atoms with Crippen LogP contribution >= 0.6 is 15.9 Å². The highest BCUT2D eigenvalue weighted by molar-refractivity contribution is 9.10. The first-order valence-corrected chi connectivity index (χ1v) is 8.87. The number of hydrogen-bond acceptors (Lipinski definition) is 5. The van der Waals surface area contributed by atoms with E-state index >= 15 is 0 Å². The summed E-state index contributed by atoms with van der Waals surface area (Å²) in [4.78, 5) is 2.35. The zero-order valence-electron chi connectivity index (χ0n) is 14.6. The fourth-order valence-electron chi connectivity index (χ4n) is 3.19. The molecule has 1 aliphatic heterocycles. The molecule has 0 fully saturated rings. The summed E-state index contributed by atoms with van der Waals surface area (Å²) >= 11 is 3.48. The molecule has 2 aromatic carbocycles. The van der Waals surface area contributed by atoms with Gasteiger partial charge in [0, 0.05) is 19.6 Å². The standard InChI is InChI=1S/C19H22BrNO4/c1-23-15-5-4-13(18(20)19(15)22)10-21-7-6-12-8-16(24-2)17(25-3)9-14(12)11-21/h4-5,8-9,22H,6-7,10-11H2,1-3H3. The van der Waals surface area contributed by atoms with Crippen molar-refractivity contribution in [1.29, 1.82) is 0 Å². The number of phenolic OH excluding ortho intramolecular Hbond substituents is 1. The molecule has 0 aromatic heterocycles. The molecule has 25 heavy (non-hydrogen) atoms. The molecule has 134 valence electrons. The van der Waals surface area contributed by atoms with Crippen LogP contribution in [0.3, 0.4) is 0 Å². The van der Waals surface area contributed by atoms with Gasteiger partial charge in [0.15, 0.2) is 23.0 Å². The summed E-state index contributed by atoms with van der Waals surface area (Å²) in [6.45, 7) is 2.52. The van der Waals surface area contributed by atoms with E-state index in [1.807, 2.05) is 6.07 Å². The number of nitrogens with zero attached hydrogens (tertiary/aromatic N) is 1. The molecule has 6 heteroatoms. The Labute approximate surface area is 156 Å². The van der Waals surface area contributed by atoms with Gasteiger partial charge in [-0.2, -0.15) is 0 Å². The SMILES string of the molecule is COc1cc2c(cc1OC)CN(Cc1ccc(OC)c(O)c1Br)CC2. The van der Waals surface area contributed by atoms with E-state index in [0.29, 0.717) is 10.2 Å². The van der Waals surface area contributed by atoms with Gasteiger partial charge in [-0.1, -0.05) is 6.07 Å². The van der Waals surface area contributed by atoms with E-state index < -0.39 is 0 Å². The maximum atomic E-state index is 10.2. The number of ether oxygens (including phenoxy) is 3. The topological polar surface area (TPSA) is 51.2 Å². The fourth-order valence-corrected chi connectivity index (χ4v) is 3.65. The molecule has 0 saturated heterocycles. The number of benzene rings is 2. The van der Waals surface area contributed by atoms with Gasteiger partial charge in [-0.3, -0.25) is 4.90 Å². The van der Waals surface area contributed by atoms with Crippen molar-refractivity contribution in [3.63, 3.8) is 0 Å². The molecule has 0 atom stereocenters. The van der Waals surface area contributed by atoms with Gasteiger partial charge in [-0.15, -0.1) is 0 Å². The van der Waals surface area contributed by atoms with Gasteiger partial charge in [0.1, 0.15) is 0 Å². The predicted molar refractivity (Wildman–Crippen MR) is 99.7 cm³/mol. The maximum Gasteiger partial charge on any atom is 0.172 e. The van der Waals surface area contributed by atoms with Crippen molar-refractivity contribution in [3.8, 4) is 23.0 Å². The number of hydrogen-bond donors (Lipinski definition) is 1. The van der Waals surface area contributed by atoms with Crippen molar-refractivity contribution in [1.82, 2.24) is 4.90 Å². The highest BCUT2D eigenvalue weighted by Gasteiger charge is 2.21. The summed E-state index contributed by atoms with van der Waals surface area (Å²) in [6, 6.07) is 7.90. The molecule has 0 spiro atoms. The van der Waals surface area contributed by atoms with Gasteiger partial charge in [-0.05, 0) is 57.2 Å². The van der Waals surface area contributed by atoms with Crippen molar-refractivity contribution in [3.05, 3.63) is 45.4 Å². The van der Waals surface area contributed by atoms with Gasteiger partial charge in [0.05, 0.1) is 25.8 Å². The normalized spacial score (nSPS) is 14.1. The lowest BCUT2D eigenvalue weighted by molar-refractivity contribution is 0.243. The van der Waals surface area contributed by atoms with Crippen molar-refractivity contribution in [2.45, 2.75) is 19.5 Å². The minimum atomic E-state index is 0.142. The van der Waals surface area contributed by atoms with Crippen LogP contribution in [0.2, 0.25) is 0 Å². The zero-order chi connectivity index (χ0) is 18.0. The highest BCUT2D eigenvalue weighted by atomic mass is 79.9. The monoisotopic (exact) mass is 407 g/mol. The van der Waals surface area contributed by atoms with E-state index in [-0.39, 0.29) is 5.75 Å². The summed E-state index contributed by atoms with van der Waals surface area (Å²) in [6.07, 6.45) is 0.954. The van der Waals surface area contributed by atoms with Crippen LogP contribution in [0.5, 0.6) is 23.0 Å². The summed E-state index contributed by atoms with van der Waals surface area (Å²) in [7, 11) is 4.86. The molecule has 1 aliphatic rings. The summed E-state index contributed by atoms with van der Waals surface area (Å²) in [5.74, 6) is 2.14. The first-order valence-electron chi connectivity index (χ1n) is 8.07. The van der Waals surface area contributed by atoms with Crippen LogP contribution in [-0.2, 0) is 19.5 Å². The van der Waals surface area contributed by atoms with Gasteiger partial charge in [0.25, 0.3) is 0 Å². The molecule has 0 amide bonds. The molecular weight excluding hydrogens is 386 g/mol. The smallest absolute Gasteiger partial charge is 0.172 e.